The fourth-order valence-corrected chi connectivity index (χ4v) is 4.79. The topological polar surface area (TPSA) is 87.2 Å². The molecule has 1 aliphatic heterocycles. The number of rotatable bonds is 7. The summed E-state index contributed by atoms with van der Waals surface area (Å²) in [6, 6.07) is 15.4. The van der Waals surface area contributed by atoms with Crippen molar-refractivity contribution < 1.29 is 22.7 Å². The Bertz CT molecular complexity index is 1020. The van der Waals surface area contributed by atoms with Crippen LogP contribution < -0.4 is 4.74 Å². The van der Waals surface area contributed by atoms with Crippen molar-refractivity contribution in [3.05, 3.63) is 60.2 Å². The van der Waals surface area contributed by atoms with Gasteiger partial charge in [-0.05, 0) is 30.3 Å². The van der Waals surface area contributed by atoms with Gasteiger partial charge in [-0.2, -0.15) is 4.31 Å². The third kappa shape index (κ3) is 5.62. The summed E-state index contributed by atoms with van der Waals surface area (Å²) in [6.07, 6.45) is 0. The number of nitrogens with zero attached hydrogens (tertiary/aromatic N) is 3. The maximum absolute atomic E-state index is 13.0. The zero-order valence-corrected chi connectivity index (χ0v) is 18.5. The van der Waals surface area contributed by atoms with Crippen LogP contribution in [-0.4, -0.2) is 80.7 Å². The predicted octanol–water partition coefficient (Wildman–Crippen LogP) is 1.69. The van der Waals surface area contributed by atoms with Crippen molar-refractivity contribution in [1.82, 2.24) is 14.1 Å². The van der Waals surface area contributed by atoms with E-state index < -0.39 is 10.0 Å². The number of benzene rings is 2. The van der Waals surface area contributed by atoms with Crippen LogP contribution in [0.3, 0.4) is 0 Å². The lowest BCUT2D eigenvalue weighted by atomic mass is 10.2. The van der Waals surface area contributed by atoms with Crippen LogP contribution in [0.4, 0.5) is 0 Å². The number of sulfonamides is 1. The molecular formula is C22H27N3O5S. The Kier molecular flexibility index (Phi) is 7.29. The Labute approximate surface area is 183 Å². The third-order valence-corrected chi connectivity index (χ3v) is 7.08. The minimum Gasteiger partial charge on any atom is -0.492 e. The van der Waals surface area contributed by atoms with Crippen LogP contribution in [0.25, 0.3) is 0 Å². The number of ether oxygens (including phenoxy) is 1. The number of amides is 2. The van der Waals surface area contributed by atoms with E-state index in [1.807, 2.05) is 30.3 Å². The van der Waals surface area contributed by atoms with Crippen molar-refractivity contribution in [3.63, 3.8) is 0 Å². The molecule has 0 atom stereocenters. The maximum atomic E-state index is 13.0. The predicted molar refractivity (Wildman–Crippen MR) is 116 cm³/mol. The molecule has 0 radical (unpaired) electrons. The smallest absolute Gasteiger partial charge is 0.253 e. The summed E-state index contributed by atoms with van der Waals surface area (Å²) in [4.78, 5) is 27.4. The van der Waals surface area contributed by atoms with Gasteiger partial charge in [0.15, 0.2) is 0 Å². The molecule has 166 valence electrons. The number of piperazine rings is 1. The van der Waals surface area contributed by atoms with E-state index in [2.05, 4.69) is 0 Å². The van der Waals surface area contributed by atoms with E-state index in [4.69, 9.17) is 4.74 Å². The molecule has 9 heteroatoms. The van der Waals surface area contributed by atoms with Crippen molar-refractivity contribution >= 4 is 21.8 Å². The molecule has 1 saturated heterocycles. The maximum Gasteiger partial charge on any atom is 0.253 e. The van der Waals surface area contributed by atoms with Crippen LogP contribution in [-0.2, 0) is 14.8 Å². The summed E-state index contributed by atoms with van der Waals surface area (Å²) < 4.78 is 33.0. The molecule has 1 aliphatic rings. The largest absolute Gasteiger partial charge is 0.492 e. The number of hydrogen-bond acceptors (Lipinski definition) is 5. The second-order valence-electron chi connectivity index (χ2n) is 7.33. The van der Waals surface area contributed by atoms with Crippen molar-refractivity contribution in [3.8, 4) is 5.75 Å². The number of carbonyl (C=O) groups is 2. The molecule has 0 saturated carbocycles. The molecule has 1 fully saturated rings. The third-order valence-electron chi connectivity index (χ3n) is 5.19. The molecule has 0 N–H and O–H groups in total. The standard InChI is InChI=1S/C22H27N3O5S/c1-18(26)24-11-13-25(14-12-24)31(28,29)21-10-6-7-19(17-21)22(27)23(2)15-16-30-20-8-4-3-5-9-20/h3-10,17H,11-16H2,1-2H3. The van der Waals surface area contributed by atoms with E-state index in [1.165, 1.54) is 28.3 Å². The first kappa shape index (κ1) is 22.8. The lowest BCUT2D eigenvalue weighted by molar-refractivity contribution is -0.129. The van der Waals surface area contributed by atoms with E-state index in [9.17, 15) is 18.0 Å². The van der Waals surface area contributed by atoms with Gasteiger partial charge in [-0.15, -0.1) is 0 Å². The average Bonchev–Trinajstić information content (AvgIpc) is 2.79. The molecule has 2 aromatic carbocycles. The second-order valence-corrected chi connectivity index (χ2v) is 9.26. The molecule has 8 nitrogen and oxygen atoms in total. The van der Waals surface area contributed by atoms with E-state index >= 15 is 0 Å². The summed E-state index contributed by atoms with van der Waals surface area (Å²) in [5.74, 6) is 0.375. The van der Waals surface area contributed by atoms with Gasteiger partial charge in [-0.3, -0.25) is 9.59 Å². The molecule has 0 aromatic heterocycles. The van der Waals surface area contributed by atoms with Gasteiger partial charge in [0.1, 0.15) is 12.4 Å². The highest BCUT2D eigenvalue weighted by molar-refractivity contribution is 7.89. The first-order chi connectivity index (χ1) is 14.8. The molecule has 1 heterocycles. The van der Waals surface area contributed by atoms with Gasteiger partial charge in [-0.25, -0.2) is 8.42 Å². The highest BCUT2D eigenvalue weighted by Crippen LogP contribution is 2.20. The Morgan fingerprint density at radius 2 is 1.68 bits per heavy atom. The first-order valence-corrected chi connectivity index (χ1v) is 11.5. The van der Waals surface area contributed by atoms with Gasteiger partial charge in [0.25, 0.3) is 5.91 Å². The van der Waals surface area contributed by atoms with Gasteiger partial charge in [-0.1, -0.05) is 24.3 Å². The Hall–Kier alpha value is -2.91. The fourth-order valence-electron chi connectivity index (χ4n) is 3.32. The summed E-state index contributed by atoms with van der Waals surface area (Å²) in [5.41, 5.74) is 0.297. The van der Waals surface area contributed by atoms with E-state index in [0.717, 1.165) is 5.75 Å². The quantitative estimate of drug-likeness (QED) is 0.647. The molecule has 3 rings (SSSR count). The number of hydrogen-bond donors (Lipinski definition) is 0. The van der Waals surface area contributed by atoms with Gasteiger partial charge in [0.05, 0.1) is 11.4 Å². The molecular weight excluding hydrogens is 418 g/mol. The lowest BCUT2D eigenvalue weighted by Crippen LogP contribution is -2.49. The normalized spacial score (nSPS) is 14.8. The monoisotopic (exact) mass is 445 g/mol. The zero-order valence-electron chi connectivity index (χ0n) is 17.7. The minimum atomic E-state index is -3.75. The Balaban J connectivity index is 1.63. The molecule has 0 unspecified atom stereocenters. The number of para-hydroxylation sites is 1. The van der Waals surface area contributed by atoms with Crippen LogP contribution in [0.15, 0.2) is 59.5 Å². The SMILES string of the molecule is CC(=O)N1CCN(S(=O)(=O)c2cccc(C(=O)N(C)CCOc3ccccc3)c2)CC1. The summed E-state index contributed by atoms with van der Waals surface area (Å²) in [7, 11) is -2.09. The Morgan fingerprint density at radius 3 is 2.32 bits per heavy atom. The lowest BCUT2D eigenvalue weighted by Gasteiger charge is -2.33. The number of carbonyl (C=O) groups excluding carboxylic acids is 2. The van der Waals surface area contributed by atoms with Gasteiger partial charge >= 0.3 is 0 Å². The van der Waals surface area contributed by atoms with E-state index in [1.54, 1.807) is 24.1 Å². The van der Waals surface area contributed by atoms with Crippen LogP contribution in [0, 0.1) is 0 Å². The molecule has 2 aromatic rings. The molecule has 0 aliphatic carbocycles. The van der Waals surface area contributed by atoms with Crippen LogP contribution in [0.2, 0.25) is 0 Å². The zero-order chi connectivity index (χ0) is 22.4. The highest BCUT2D eigenvalue weighted by Gasteiger charge is 2.29. The van der Waals surface area contributed by atoms with E-state index in [0.29, 0.717) is 31.8 Å². The number of likely N-dealkylation sites (N-methyl/N-ethyl adjacent to an activating group) is 1. The van der Waals surface area contributed by atoms with Crippen molar-refractivity contribution in [1.29, 1.82) is 0 Å². The van der Waals surface area contributed by atoms with Crippen LogP contribution >= 0.6 is 0 Å². The van der Waals surface area contributed by atoms with Gasteiger partial charge in [0, 0.05) is 45.7 Å². The van der Waals surface area contributed by atoms with E-state index in [-0.39, 0.29) is 29.8 Å². The van der Waals surface area contributed by atoms with Crippen molar-refractivity contribution in [2.75, 3.05) is 46.4 Å². The Morgan fingerprint density at radius 1 is 1.00 bits per heavy atom. The molecule has 2 amide bonds. The first-order valence-electron chi connectivity index (χ1n) is 10.1. The van der Waals surface area contributed by atoms with Gasteiger partial charge in [0.2, 0.25) is 15.9 Å². The highest BCUT2D eigenvalue weighted by atomic mass is 32.2. The van der Waals surface area contributed by atoms with Crippen molar-refractivity contribution in [2.24, 2.45) is 0 Å². The second kappa shape index (κ2) is 9.93. The summed E-state index contributed by atoms with van der Waals surface area (Å²) in [6.45, 7) is 3.34. The molecule has 0 spiro atoms. The minimum absolute atomic E-state index is 0.0658. The summed E-state index contributed by atoms with van der Waals surface area (Å²) in [5, 5.41) is 0. The fraction of sp³-hybridized carbons (Fsp3) is 0.364. The van der Waals surface area contributed by atoms with Crippen LogP contribution in [0.5, 0.6) is 5.75 Å². The van der Waals surface area contributed by atoms with Crippen molar-refractivity contribution in [2.45, 2.75) is 11.8 Å². The van der Waals surface area contributed by atoms with Gasteiger partial charge < -0.3 is 14.5 Å². The van der Waals surface area contributed by atoms with Crippen LogP contribution in [0.1, 0.15) is 17.3 Å². The average molecular weight is 446 g/mol. The molecule has 31 heavy (non-hydrogen) atoms. The summed E-state index contributed by atoms with van der Waals surface area (Å²) >= 11 is 0. The molecule has 0 bridgehead atoms.